The van der Waals surface area contributed by atoms with E-state index >= 15 is 0 Å². The summed E-state index contributed by atoms with van der Waals surface area (Å²) in [6, 6.07) is 4.98. The van der Waals surface area contributed by atoms with Crippen molar-refractivity contribution in [1.29, 1.82) is 0 Å². The second-order valence-corrected chi connectivity index (χ2v) is 7.99. The third kappa shape index (κ3) is 7.80. The lowest BCUT2D eigenvalue weighted by Gasteiger charge is -2.13. The summed E-state index contributed by atoms with van der Waals surface area (Å²) in [4.78, 5) is 11.8. The first kappa shape index (κ1) is 20.4. The lowest BCUT2D eigenvalue weighted by molar-refractivity contribution is -0.122. The molecular weight excluding hydrogens is 380 g/mol. The minimum Gasteiger partial charge on any atom is -0.351 e. The van der Waals surface area contributed by atoms with Crippen LogP contribution in [0.4, 0.5) is 0 Å². The first-order valence-corrected chi connectivity index (χ1v) is 9.00. The number of nitrogens with one attached hydrogen (secondary N) is 1. The molecule has 0 radical (unpaired) electrons. The highest BCUT2D eigenvalue weighted by Crippen LogP contribution is 2.15. The van der Waals surface area contributed by atoms with E-state index in [1.807, 2.05) is 25.1 Å². The van der Waals surface area contributed by atoms with E-state index in [9.17, 15) is 13.2 Å². The summed E-state index contributed by atoms with van der Waals surface area (Å²) < 4.78 is 23.0. The van der Waals surface area contributed by atoms with Gasteiger partial charge in [0.2, 0.25) is 5.91 Å². The summed E-state index contributed by atoms with van der Waals surface area (Å²) in [7, 11) is -3.10. The number of hydrogen-bond acceptors (Lipinski definition) is 4. The summed E-state index contributed by atoms with van der Waals surface area (Å²) in [6.07, 6.45) is 1.26. The van der Waals surface area contributed by atoms with Gasteiger partial charge in [0.15, 0.2) is 0 Å². The molecule has 1 atom stereocenters. The van der Waals surface area contributed by atoms with Crippen molar-refractivity contribution < 1.29 is 13.2 Å². The zero-order valence-corrected chi connectivity index (χ0v) is 15.1. The number of carbonyl (C=O) groups excluding carboxylic acids is 1. The maximum atomic E-state index is 11.8. The van der Waals surface area contributed by atoms with Crippen LogP contribution < -0.4 is 11.1 Å². The van der Waals surface area contributed by atoms with Crippen molar-refractivity contribution in [2.24, 2.45) is 5.73 Å². The lowest BCUT2D eigenvalue weighted by Crippen LogP contribution is -2.41. The first-order valence-electron chi connectivity index (χ1n) is 6.15. The van der Waals surface area contributed by atoms with E-state index in [1.165, 1.54) is 0 Å². The van der Waals surface area contributed by atoms with Crippen LogP contribution in [-0.4, -0.2) is 32.4 Å². The Morgan fingerprint density at radius 2 is 2.05 bits per heavy atom. The molecule has 1 unspecified atom stereocenters. The monoisotopic (exact) mass is 398 g/mol. The SMILES string of the molecule is Cc1cc(Br)ccc1CNC(=O)C(N)CCS(C)(=O)=O.Cl. The fourth-order valence-electron chi connectivity index (χ4n) is 1.64. The third-order valence-corrected chi connectivity index (χ3v) is 4.36. The fraction of sp³-hybridized carbons (Fsp3) is 0.462. The van der Waals surface area contributed by atoms with Gasteiger partial charge in [0.25, 0.3) is 0 Å². The van der Waals surface area contributed by atoms with Gasteiger partial charge in [-0.15, -0.1) is 12.4 Å². The van der Waals surface area contributed by atoms with Crippen LogP contribution in [0.3, 0.4) is 0 Å². The van der Waals surface area contributed by atoms with Crippen LogP contribution >= 0.6 is 28.3 Å². The molecular formula is C13H20BrClN2O3S. The van der Waals surface area contributed by atoms with Gasteiger partial charge >= 0.3 is 0 Å². The molecule has 0 saturated heterocycles. The molecule has 0 aliphatic carbocycles. The van der Waals surface area contributed by atoms with Gasteiger partial charge < -0.3 is 11.1 Å². The molecule has 1 amide bonds. The van der Waals surface area contributed by atoms with Crippen LogP contribution in [0.2, 0.25) is 0 Å². The zero-order valence-electron chi connectivity index (χ0n) is 11.9. The molecule has 1 aromatic carbocycles. The zero-order chi connectivity index (χ0) is 15.3. The molecule has 1 rings (SSSR count). The maximum absolute atomic E-state index is 11.8. The largest absolute Gasteiger partial charge is 0.351 e. The van der Waals surface area contributed by atoms with E-state index in [-0.39, 0.29) is 30.5 Å². The van der Waals surface area contributed by atoms with Crippen LogP contribution in [0.5, 0.6) is 0 Å². The molecule has 0 aliphatic heterocycles. The summed E-state index contributed by atoms with van der Waals surface area (Å²) in [5.74, 6) is -0.421. The molecule has 3 N–H and O–H groups in total. The molecule has 0 aliphatic rings. The standard InChI is InChI=1S/C13H19BrN2O3S.ClH/c1-9-7-11(14)4-3-10(9)8-16-13(17)12(15)5-6-20(2,18)19;/h3-4,7,12H,5-6,8,15H2,1-2H3,(H,16,17);1H. The van der Waals surface area contributed by atoms with Gasteiger partial charge in [-0.2, -0.15) is 0 Å². The number of hydrogen-bond donors (Lipinski definition) is 2. The highest BCUT2D eigenvalue weighted by atomic mass is 79.9. The van der Waals surface area contributed by atoms with Gasteiger partial charge in [-0.3, -0.25) is 4.79 Å². The number of nitrogens with two attached hydrogens (primary N) is 1. The normalized spacial score (nSPS) is 12.4. The average Bonchev–Trinajstić information content (AvgIpc) is 2.33. The summed E-state index contributed by atoms with van der Waals surface area (Å²) in [5, 5.41) is 2.72. The van der Waals surface area contributed by atoms with Crippen molar-refractivity contribution in [3.63, 3.8) is 0 Å². The Morgan fingerprint density at radius 3 is 2.57 bits per heavy atom. The second-order valence-electron chi connectivity index (χ2n) is 4.81. The number of rotatable bonds is 6. The predicted octanol–water partition coefficient (Wildman–Crippen LogP) is 1.56. The van der Waals surface area contributed by atoms with Crippen molar-refractivity contribution in [3.8, 4) is 0 Å². The number of halogens is 2. The highest BCUT2D eigenvalue weighted by Gasteiger charge is 2.15. The number of carbonyl (C=O) groups is 1. The smallest absolute Gasteiger partial charge is 0.237 e. The van der Waals surface area contributed by atoms with E-state index in [2.05, 4.69) is 21.2 Å². The van der Waals surface area contributed by atoms with Crippen molar-refractivity contribution in [2.75, 3.05) is 12.0 Å². The Bertz CT molecular complexity index is 593. The Kier molecular flexibility index (Phi) is 8.46. The minimum atomic E-state index is -3.10. The van der Waals surface area contributed by atoms with Crippen molar-refractivity contribution in [2.45, 2.75) is 25.9 Å². The third-order valence-electron chi connectivity index (χ3n) is 2.89. The second kappa shape index (κ2) is 8.73. The van der Waals surface area contributed by atoms with E-state index in [1.54, 1.807) is 0 Å². The number of amides is 1. The molecule has 0 bridgehead atoms. The van der Waals surface area contributed by atoms with Gasteiger partial charge in [0, 0.05) is 17.3 Å². The van der Waals surface area contributed by atoms with Crippen molar-refractivity contribution in [3.05, 3.63) is 33.8 Å². The van der Waals surface area contributed by atoms with Crippen molar-refractivity contribution in [1.82, 2.24) is 5.32 Å². The van der Waals surface area contributed by atoms with Gasteiger partial charge in [0.05, 0.1) is 11.8 Å². The average molecular weight is 400 g/mol. The molecule has 0 fully saturated rings. The van der Waals surface area contributed by atoms with Crippen LogP contribution in [0.15, 0.2) is 22.7 Å². The van der Waals surface area contributed by atoms with Gasteiger partial charge in [-0.1, -0.05) is 22.0 Å². The molecule has 1 aromatic rings. The topological polar surface area (TPSA) is 89.3 Å². The van der Waals surface area contributed by atoms with E-state index in [0.717, 1.165) is 21.9 Å². The Labute approximate surface area is 140 Å². The molecule has 120 valence electrons. The van der Waals surface area contributed by atoms with E-state index in [4.69, 9.17) is 5.73 Å². The van der Waals surface area contributed by atoms with Crippen LogP contribution in [0, 0.1) is 6.92 Å². The Hall–Kier alpha value is -0.630. The maximum Gasteiger partial charge on any atom is 0.237 e. The quantitative estimate of drug-likeness (QED) is 0.759. The molecule has 0 aromatic heterocycles. The summed E-state index contributed by atoms with van der Waals surface area (Å²) >= 11 is 3.37. The summed E-state index contributed by atoms with van der Waals surface area (Å²) in [5.41, 5.74) is 7.72. The molecule has 0 saturated carbocycles. The molecule has 0 spiro atoms. The van der Waals surface area contributed by atoms with Crippen LogP contribution in [-0.2, 0) is 21.2 Å². The number of sulfone groups is 1. The Balaban J connectivity index is 0.00000400. The molecule has 21 heavy (non-hydrogen) atoms. The number of aryl methyl sites for hydroxylation is 1. The molecule has 8 heteroatoms. The fourth-order valence-corrected chi connectivity index (χ4v) is 2.80. The predicted molar refractivity (Wildman–Crippen MR) is 90.3 cm³/mol. The van der Waals surface area contributed by atoms with E-state index < -0.39 is 15.9 Å². The first-order chi connectivity index (χ1) is 9.19. The minimum absolute atomic E-state index is 0. The Morgan fingerprint density at radius 1 is 1.43 bits per heavy atom. The van der Waals surface area contributed by atoms with Crippen LogP contribution in [0.25, 0.3) is 0 Å². The lowest BCUT2D eigenvalue weighted by atomic mass is 10.1. The van der Waals surface area contributed by atoms with E-state index in [0.29, 0.717) is 6.54 Å². The molecule has 0 heterocycles. The van der Waals surface area contributed by atoms with Crippen molar-refractivity contribution >= 4 is 44.1 Å². The highest BCUT2D eigenvalue weighted by molar-refractivity contribution is 9.10. The van der Waals surface area contributed by atoms with Gasteiger partial charge in [-0.05, 0) is 36.6 Å². The van der Waals surface area contributed by atoms with Gasteiger partial charge in [-0.25, -0.2) is 8.42 Å². The summed E-state index contributed by atoms with van der Waals surface area (Å²) in [6.45, 7) is 2.33. The number of benzene rings is 1. The van der Waals surface area contributed by atoms with Gasteiger partial charge in [0.1, 0.15) is 9.84 Å². The molecule has 5 nitrogen and oxygen atoms in total. The van der Waals surface area contributed by atoms with Crippen LogP contribution in [0.1, 0.15) is 17.5 Å².